The SMILES string of the molecule is CCCCOCCN[C@@H](C)c1ccccn1. The Kier molecular flexibility index (Phi) is 6.77. The molecule has 0 aliphatic rings. The molecule has 0 aliphatic heterocycles. The van der Waals surface area contributed by atoms with Gasteiger partial charge in [-0.3, -0.25) is 4.98 Å². The third-order valence-electron chi connectivity index (χ3n) is 2.47. The van der Waals surface area contributed by atoms with Crippen LogP contribution >= 0.6 is 0 Å². The second-order valence-electron chi connectivity index (χ2n) is 3.90. The molecule has 3 nitrogen and oxygen atoms in total. The molecule has 0 aliphatic carbocycles. The smallest absolute Gasteiger partial charge is 0.0591 e. The quantitative estimate of drug-likeness (QED) is 0.686. The average Bonchev–Trinajstić information content (AvgIpc) is 2.34. The van der Waals surface area contributed by atoms with Crippen LogP contribution in [0, 0.1) is 0 Å². The van der Waals surface area contributed by atoms with Crippen molar-refractivity contribution in [1.29, 1.82) is 0 Å². The van der Waals surface area contributed by atoms with Crippen molar-refractivity contribution >= 4 is 0 Å². The first-order valence-electron chi connectivity index (χ1n) is 6.06. The van der Waals surface area contributed by atoms with Crippen LogP contribution in [0.1, 0.15) is 38.4 Å². The van der Waals surface area contributed by atoms with Crippen molar-refractivity contribution < 1.29 is 4.74 Å². The zero-order valence-corrected chi connectivity index (χ0v) is 10.3. The molecule has 1 rings (SSSR count). The molecule has 0 fully saturated rings. The van der Waals surface area contributed by atoms with Crippen molar-refractivity contribution in [3.63, 3.8) is 0 Å². The molecule has 90 valence electrons. The van der Waals surface area contributed by atoms with E-state index in [9.17, 15) is 0 Å². The number of hydrogen-bond acceptors (Lipinski definition) is 3. The molecule has 16 heavy (non-hydrogen) atoms. The molecule has 0 saturated heterocycles. The van der Waals surface area contributed by atoms with Crippen LogP contribution in [-0.4, -0.2) is 24.7 Å². The van der Waals surface area contributed by atoms with Crippen LogP contribution in [0.25, 0.3) is 0 Å². The molecular weight excluding hydrogens is 200 g/mol. The van der Waals surface area contributed by atoms with Crippen LogP contribution in [0.2, 0.25) is 0 Å². The number of unbranched alkanes of at least 4 members (excludes halogenated alkanes) is 1. The van der Waals surface area contributed by atoms with Gasteiger partial charge in [-0.05, 0) is 25.5 Å². The van der Waals surface area contributed by atoms with Gasteiger partial charge in [0.2, 0.25) is 0 Å². The molecule has 1 atom stereocenters. The Labute approximate surface area is 98.2 Å². The molecule has 1 aromatic heterocycles. The van der Waals surface area contributed by atoms with Crippen LogP contribution in [0.3, 0.4) is 0 Å². The van der Waals surface area contributed by atoms with Gasteiger partial charge in [0.15, 0.2) is 0 Å². The standard InChI is InChI=1S/C13H22N2O/c1-3-4-10-16-11-9-14-12(2)13-7-5-6-8-15-13/h5-8,12,14H,3-4,9-11H2,1-2H3/t12-/m0/s1. The van der Waals surface area contributed by atoms with E-state index >= 15 is 0 Å². The molecule has 0 unspecified atom stereocenters. The Morgan fingerprint density at radius 2 is 2.25 bits per heavy atom. The van der Waals surface area contributed by atoms with Crippen molar-refractivity contribution in [2.75, 3.05) is 19.8 Å². The number of hydrogen-bond donors (Lipinski definition) is 1. The Morgan fingerprint density at radius 3 is 2.94 bits per heavy atom. The van der Waals surface area contributed by atoms with Crippen molar-refractivity contribution in [2.24, 2.45) is 0 Å². The highest BCUT2D eigenvalue weighted by Crippen LogP contribution is 2.06. The van der Waals surface area contributed by atoms with Gasteiger partial charge in [0, 0.05) is 25.4 Å². The maximum atomic E-state index is 5.48. The maximum absolute atomic E-state index is 5.48. The molecule has 1 heterocycles. The van der Waals surface area contributed by atoms with E-state index in [1.807, 2.05) is 24.4 Å². The second-order valence-corrected chi connectivity index (χ2v) is 3.90. The van der Waals surface area contributed by atoms with Gasteiger partial charge in [0.25, 0.3) is 0 Å². The molecule has 1 aromatic rings. The van der Waals surface area contributed by atoms with Crippen LogP contribution in [0.4, 0.5) is 0 Å². The Morgan fingerprint density at radius 1 is 1.38 bits per heavy atom. The largest absolute Gasteiger partial charge is 0.380 e. The maximum Gasteiger partial charge on any atom is 0.0591 e. The summed E-state index contributed by atoms with van der Waals surface area (Å²) in [5, 5.41) is 3.39. The third-order valence-corrected chi connectivity index (χ3v) is 2.47. The molecular formula is C13H22N2O. The first-order valence-corrected chi connectivity index (χ1v) is 6.06. The summed E-state index contributed by atoms with van der Waals surface area (Å²) in [6.07, 6.45) is 4.17. The van der Waals surface area contributed by atoms with Crippen LogP contribution in [0.15, 0.2) is 24.4 Å². The summed E-state index contributed by atoms with van der Waals surface area (Å²) in [5.74, 6) is 0. The fourth-order valence-corrected chi connectivity index (χ4v) is 1.43. The normalized spacial score (nSPS) is 12.6. The van der Waals surface area contributed by atoms with E-state index in [1.165, 1.54) is 6.42 Å². The molecule has 0 aromatic carbocycles. The topological polar surface area (TPSA) is 34.1 Å². The molecule has 0 saturated carbocycles. The summed E-state index contributed by atoms with van der Waals surface area (Å²) >= 11 is 0. The summed E-state index contributed by atoms with van der Waals surface area (Å²) in [6.45, 7) is 6.81. The number of rotatable bonds is 8. The van der Waals surface area contributed by atoms with Gasteiger partial charge in [-0.2, -0.15) is 0 Å². The van der Waals surface area contributed by atoms with Gasteiger partial charge in [0.05, 0.1) is 12.3 Å². The van der Waals surface area contributed by atoms with Crippen molar-refractivity contribution in [3.05, 3.63) is 30.1 Å². The van der Waals surface area contributed by atoms with E-state index in [-0.39, 0.29) is 6.04 Å². The first kappa shape index (κ1) is 13.1. The van der Waals surface area contributed by atoms with Gasteiger partial charge in [-0.1, -0.05) is 19.4 Å². The average molecular weight is 222 g/mol. The molecule has 0 bridgehead atoms. The van der Waals surface area contributed by atoms with E-state index in [2.05, 4.69) is 24.1 Å². The van der Waals surface area contributed by atoms with E-state index in [0.717, 1.165) is 31.9 Å². The fraction of sp³-hybridized carbons (Fsp3) is 0.615. The molecule has 0 radical (unpaired) electrons. The van der Waals surface area contributed by atoms with Gasteiger partial charge in [-0.15, -0.1) is 0 Å². The van der Waals surface area contributed by atoms with E-state index in [4.69, 9.17) is 4.74 Å². The lowest BCUT2D eigenvalue weighted by molar-refractivity contribution is 0.131. The Hall–Kier alpha value is -0.930. The Balaban J connectivity index is 2.09. The van der Waals surface area contributed by atoms with E-state index in [0.29, 0.717) is 0 Å². The highest BCUT2D eigenvalue weighted by Gasteiger charge is 2.03. The van der Waals surface area contributed by atoms with Crippen molar-refractivity contribution in [1.82, 2.24) is 10.3 Å². The van der Waals surface area contributed by atoms with Crippen LogP contribution < -0.4 is 5.32 Å². The van der Waals surface area contributed by atoms with E-state index in [1.54, 1.807) is 0 Å². The number of ether oxygens (including phenoxy) is 1. The van der Waals surface area contributed by atoms with Crippen molar-refractivity contribution in [3.8, 4) is 0 Å². The molecule has 1 N–H and O–H groups in total. The number of nitrogens with one attached hydrogen (secondary N) is 1. The Bertz CT molecular complexity index is 264. The van der Waals surface area contributed by atoms with Crippen molar-refractivity contribution in [2.45, 2.75) is 32.7 Å². The zero-order chi connectivity index (χ0) is 11.6. The van der Waals surface area contributed by atoms with Gasteiger partial charge in [-0.25, -0.2) is 0 Å². The fourth-order valence-electron chi connectivity index (χ4n) is 1.43. The highest BCUT2D eigenvalue weighted by atomic mass is 16.5. The number of aromatic nitrogens is 1. The summed E-state index contributed by atoms with van der Waals surface area (Å²) < 4.78 is 5.48. The summed E-state index contributed by atoms with van der Waals surface area (Å²) in [4.78, 5) is 4.30. The minimum Gasteiger partial charge on any atom is -0.380 e. The minimum absolute atomic E-state index is 0.288. The molecule has 3 heteroatoms. The van der Waals surface area contributed by atoms with Gasteiger partial charge in [0.1, 0.15) is 0 Å². The summed E-state index contributed by atoms with van der Waals surface area (Å²) in [5.41, 5.74) is 1.08. The first-order chi connectivity index (χ1) is 7.84. The minimum atomic E-state index is 0.288. The molecule has 0 spiro atoms. The predicted octanol–water partition coefficient (Wildman–Crippen LogP) is 2.55. The summed E-state index contributed by atoms with van der Waals surface area (Å²) in [7, 11) is 0. The predicted molar refractivity (Wildman–Crippen MR) is 66.4 cm³/mol. The number of pyridine rings is 1. The van der Waals surface area contributed by atoms with Crippen LogP contribution in [0.5, 0.6) is 0 Å². The van der Waals surface area contributed by atoms with Crippen LogP contribution in [-0.2, 0) is 4.74 Å². The lowest BCUT2D eigenvalue weighted by Gasteiger charge is -2.13. The zero-order valence-electron chi connectivity index (χ0n) is 10.3. The van der Waals surface area contributed by atoms with Gasteiger partial charge >= 0.3 is 0 Å². The van der Waals surface area contributed by atoms with E-state index < -0.39 is 0 Å². The number of nitrogens with zero attached hydrogens (tertiary/aromatic N) is 1. The lowest BCUT2D eigenvalue weighted by Crippen LogP contribution is -2.24. The third kappa shape index (κ3) is 5.24. The van der Waals surface area contributed by atoms with Gasteiger partial charge < -0.3 is 10.1 Å². The second kappa shape index (κ2) is 8.25. The summed E-state index contributed by atoms with van der Waals surface area (Å²) in [6, 6.07) is 6.27. The monoisotopic (exact) mass is 222 g/mol. The lowest BCUT2D eigenvalue weighted by atomic mass is 10.2. The molecule has 0 amide bonds. The highest BCUT2D eigenvalue weighted by molar-refractivity contribution is 5.07.